The van der Waals surface area contributed by atoms with Gasteiger partial charge in [0, 0.05) is 0 Å². The van der Waals surface area contributed by atoms with Crippen LogP contribution in [-0.4, -0.2) is 13.0 Å². The first kappa shape index (κ1) is 10.2. The molecule has 0 amide bonds. The second-order valence-electron chi connectivity index (χ2n) is 2.85. The van der Waals surface area contributed by atoms with Crippen LogP contribution in [0.5, 0.6) is 0 Å². The highest BCUT2D eigenvalue weighted by atomic mass is 32.2. The van der Waals surface area contributed by atoms with E-state index in [1.165, 1.54) is 31.4 Å². The van der Waals surface area contributed by atoms with E-state index >= 15 is 0 Å². The van der Waals surface area contributed by atoms with Gasteiger partial charge in [0.2, 0.25) is 0 Å². The quantitative estimate of drug-likeness (QED) is 0.706. The highest BCUT2D eigenvalue weighted by Gasteiger charge is 2.05. The first-order chi connectivity index (χ1) is 6.11. The van der Waals surface area contributed by atoms with E-state index in [0.29, 0.717) is 0 Å². The molecule has 2 rings (SSSR count). The smallest absolute Gasteiger partial charge is 0.282 e. The molecule has 1 N–H and O–H groups in total. The summed E-state index contributed by atoms with van der Waals surface area (Å²) >= 11 is 0. The van der Waals surface area contributed by atoms with Gasteiger partial charge in [-0.15, -0.1) is 0 Å². The Morgan fingerprint density at radius 3 is 1.69 bits per heavy atom. The minimum absolute atomic E-state index is 0.0741. The van der Waals surface area contributed by atoms with Gasteiger partial charge in [-0.1, -0.05) is 37.5 Å². The largest absolute Gasteiger partial charge is 0.294 e. The van der Waals surface area contributed by atoms with Crippen LogP contribution < -0.4 is 0 Å². The van der Waals surface area contributed by atoms with E-state index in [1.54, 1.807) is 18.2 Å². The molecule has 0 aromatic heterocycles. The molecular formula is C9H12O3S. The second kappa shape index (κ2) is 4.39. The molecule has 0 heterocycles. The fraction of sp³-hybridized carbons (Fsp3) is 0.333. The van der Waals surface area contributed by atoms with Gasteiger partial charge in [-0.25, -0.2) is 0 Å². The summed E-state index contributed by atoms with van der Waals surface area (Å²) in [6, 6.07) is 7.42. The predicted octanol–water partition coefficient (Wildman–Crippen LogP) is 2.10. The molecule has 0 spiro atoms. The molecular weight excluding hydrogens is 188 g/mol. The van der Waals surface area contributed by atoms with E-state index in [9.17, 15) is 8.42 Å². The van der Waals surface area contributed by atoms with Crippen LogP contribution in [0.3, 0.4) is 0 Å². The Hall–Kier alpha value is -0.870. The minimum atomic E-state index is -4.00. The SMILES string of the molecule is C1CC1.O=S(=O)(O)c1ccccc1. The Labute approximate surface area is 78.2 Å². The summed E-state index contributed by atoms with van der Waals surface area (Å²) in [6.45, 7) is 0. The Bertz CT molecular complexity index is 338. The average Bonchev–Trinajstić information content (AvgIpc) is 2.90. The zero-order chi connectivity index (χ0) is 9.73. The lowest BCUT2D eigenvalue weighted by Gasteiger charge is -1.92. The summed E-state index contributed by atoms with van der Waals surface area (Å²) in [5, 5.41) is 0. The van der Waals surface area contributed by atoms with Gasteiger partial charge in [-0.3, -0.25) is 4.55 Å². The normalized spacial score (nSPS) is 14.2. The van der Waals surface area contributed by atoms with E-state index in [0.717, 1.165) is 0 Å². The van der Waals surface area contributed by atoms with Crippen LogP contribution in [0.15, 0.2) is 35.2 Å². The third kappa shape index (κ3) is 4.65. The van der Waals surface area contributed by atoms with Crippen molar-refractivity contribution in [2.45, 2.75) is 24.2 Å². The van der Waals surface area contributed by atoms with Gasteiger partial charge >= 0.3 is 0 Å². The maximum Gasteiger partial charge on any atom is 0.294 e. The van der Waals surface area contributed by atoms with Crippen LogP contribution in [0.1, 0.15) is 19.3 Å². The minimum Gasteiger partial charge on any atom is -0.282 e. The molecule has 1 aromatic carbocycles. The molecule has 0 radical (unpaired) electrons. The molecule has 1 aromatic rings. The number of hydrogen-bond donors (Lipinski definition) is 1. The Morgan fingerprint density at radius 1 is 1.00 bits per heavy atom. The lowest BCUT2D eigenvalue weighted by molar-refractivity contribution is 0.483. The summed E-state index contributed by atoms with van der Waals surface area (Å²) in [6.07, 6.45) is 4.50. The molecule has 1 aliphatic rings. The molecule has 0 aliphatic heterocycles. The molecule has 13 heavy (non-hydrogen) atoms. The second-order valence-corrected chi connectivity index (χ2v) is 4.27. The molecule has 0 unspecified atom stereocenters. The number of rotatable bonds is 1. The lowest BCUT2D eigenvalue weighted by Crippen LogP contribution is -1.96. The summed E-state index contributed by atoms with van der Waals surface area (Å²) in [7, 11) is -4.00. The fourth-order valence-corrected chi connectivity index (χ4v) is 1.09. The van der Waals surface area contributed by atoms with Crippen molar-refractivity contribution in [3.63, 3.8) is 0 Å². The van der Waals surface area contributed by atoms with Crippen molar-refractivity contribution < 1.29 is 13.0 Å². The van der Waals surface area contributed by atoms with Crippen molar-refractivity contribution in [2.75, 3.05) is 0 Å². The summed E-state index contributed by atoms with van der Waals surface area (Å²) in [4.78, 5) is -0.0741. The lowest BCUT2D eigenvalue weighted by atomic mass is 10.4. The van der Waals surface area contributed by atoms with E-state index in [1.807, 2.05) is 0 Å². The zero-order valence-corrected chi connectivity index (χ0v) is 8.00. The van der Waals surface area contributed by atoms with Gasteiger partial charge in [0.1, 0.15) is 0 Å². The van der Waals surface area contributed by atoms with Gasteiger partial charge in [0.25, 0.3) is 10.1 Å². The third-order valence-electron chi connectivity index (χ3n) is 1.39. The molecule has 0 atom stereocenters. The molecule has 0 saturated heterocycles. The summed E-state index contributed by atoms with van der Waals surface area (Å²) < 4.78 is 29.2. The van der Waals surface area contributed by atoms with Gasteiger partial charge in [0.15, 0.2) is 0 Å². The molecule has 1 aliphatic carbocycles. The van der Waals surface area contributed by atoms with E-state index in [4.69, 9.17) is 4.55 Å². The van der Waals surface area contributed by atoms with Crippen LogP contribution in [0.2, 0.25) is 0 Å². The van der Waals surface area contributed by atoms with Crippen LogP contribution in [0.4, 0.5) is 0 Å². The zero-order valence-electron chi connectivity index (χ0n) is 7.18. The van der Waals surface area contributed by atoms with Crippen molar-refractivity contribution in [2.24, 2.45) is 0 Å². The monoisotopic (exact) mass is 200 g/mol. The summed E-state index contributed by atoms with van der Waals surface area (Å²) in [5.41, 5.74) is 0. The van der Waals surface area contributed by atoms with E-state index < -0.39 is 10.1 Å². The third-order valence-corrected chi connectivity index (χ3v) is 2.26. The topological polar surface area (TPSA) is 54.4 Å². The molecule has 72 valence electrons. The Kier molecular flexibility index (Phi) is 3.45. The first-order valence-electron chi connectivity index (χ1n) is 4.13. The Morgan fingerprint density at radius 2 is 1.46 bits per heavy atom. The molecule has 0 bridgehead atoms. The van der Waals surface area contributed by atoms with Crippen LogP contribution >= 0.6 is 0 Å². The maximum absolute atomic E-state index is 10.4. The molecule has 1 saturated carbocycles. The van der Waals surface area contributed by atoms with Gasteiger partial charge < -0.3 is 0 Å². The van der Waals surface area contributed by atoms with E-state index in [-0.39, 0.29) is 4.90 Å². The molecule has 4 heteroatoms. The van der Waals surface area contributed by atoms with E-state index in [2.05, 4.69) is 0 Å². The van der Waals surface area contributed by atoms with Gasteiger partial charge in [0.05, 0.1) is 4.90 Å². The highest BCUT2D eigenvalue weighted by Crippen LogP contribution is 2.14. The Balaban J connectivity index is 0.000000236. The van der Waals surface area contributed by atoms with Crippen LogP contribution in [0, 0.1) is 0 Å². The van der Waals surface area contributed by atoms with Gasteiger partial charge in [-0.05, 0) is 12.1 Å². The average molecular weight is 200 g/mol. The van der Waals surface area contributed by atoms with Crippen molar-refractivity contribution in [3.8, 4) is 0 Å². The molecule has 3 nitrogen and oxygen atoms in total. The molecule has 1 fully saturated rings. The number of hydrogen-bond acceptors (Lipinski definition) is 2. The highest BCUT2D eigenvalue weighted by molar-refractivity contribution is 7.85. The van der Waals surface area contributed by atoms with Crippen molar-refractivity contribution in [1.29, 1.82) is 0 Å². The van der Waals surface area contributed by atoms with Crippen LogP contribution in [-0.2, 0) is 10.1 Å². The maximum atomic E-state index is 10.4. The van der Waals surface area contributed by atoms with Crippen LogP contribution in [0.25, 0.3) is 0 Å². The standard InChI is InChI=1S/C6H6O3S.C3H6/c7-10(8,9)6-4-2-1-3-5-6;1-2-3-1/h1-5H,(H,7,8,9);1-3H2. The van der Waals surface area contributed by atoms with Crippen molar-refractivity contribution in [1.82, 2.24) is 0 Å². The van der Waals surface area contributed by atoms with Gasteiger partial charge in [-0.2, -0.15) is 8.42 Å². The van der Waals surface area contributed by atoms with Crippen molar-refractivity contribution in [3.05, 3.63) is 30.3 Å². The van der Waals surface area contributed by atoms with Crippen molar-refractivity contribution >= 4 is 10.1 Å². The number of benzene rings is 1. The predicted molar refractivity (Wildman–Crippen MR) is 50.1 cm³/mol. The summed E-state index contributed by atoms with van der Waals surface area (Å²) in [5.74, 6) is 0. The first-order valence-corrected chi connectivity index (χ1v) is 5.57. The fourth-order valence-electron chi connectivity index (χ4n) is 0.592.